The standard InChI is InChI=1S/C6H14N2O6/c7-4(11)1-2(9)6(8,13)3(10)5(12)14-1/h1-5,9-13H,7-8H2. The van der Waals surface area contributed by atoms with Crippen LogP contribution in [-0.4, -0.2) is 62.1 Å². The van der Waals surface area contributed by atoms with Crippen molar-refractivity contribution in [2.45, 2.75) is 36.6 Å². The lowest BCUT2D eigenvalue weighted by atomic mass is 9.92. The summed E-state index contributed by atoms with van der Waals surface area (Å²) < 4.78 is 4.55. The van der Waals surface area contributed by atoms with Gasteiger partial charge in [-0.1, -0.05) is 0 Å². The second kappa shape index (κ2) is 3.68. The van der Waals surface area contributed by atoms with Gasteiger partial charge in [0.15, 0.2) is 12.0 Å². The topological polar surface area (TPSA) is 162 Å². The van der Waals surface area contributed by atoms with E-state index in [9.17, 15) is 10.2 Å². The lowest BCUT2D eigenvalue weighted by Crippen LogP contribution is -2.73. The molecule has 0 spiro atoms. The lowest BCUT2D eigenvalue weighted by Gasteiger charge is -2.45. The zero-order valence-electron chi connectivity index (χ0n) is 7.19. The highest BCUT2D eigenvalue weighted by Gasteiger charge is 2.53. The molecule has 0 aromatic rings. The first-order valence-corrected chi connectivity index (χ1v) is 3.93. The van der Waals surface area contributed by atoms with Crippen molar-refractivity contribution in [3.8, 4) is 0 Å². The minimum Gasteiger partial charge on any atom is -0.386 e. The molecule has 8 heteroatoms. The van der Waals surface area contributed by atoms with Crippen molar-refractivity contribution >= 4 is 0 Å². The van der Waals surface area contributed by atoms with Gasteiger partial charge in [0.2, 0.25) is 0 Å². The molecule has 9 N–H and O–H groups in total. The van der Waals surface area contributed by atoms with E-state index in [-0.39, 0.29) is 0 Å². The minimum absolute atomic E-state index is 1.47. The van der Waals surface area contributed by atoms with Crippen LogP contribution in [0.15, 0.2) is 0 Å². The number of hydrogen-bond donors (Lipinski definition) is 7. The van der Waals surface area contributed by atoms with Crippen LogP contribution in [0.25, 0.3) is 0 Å². The van der Waals surface area contributed by atoms with Crippen molar-refractivity contribution in [2.75, 3.05) is 0 Å². The monoisotopic (exact) mass is 210 g/mol. The molecule has 0 bridgehead atoms. The first kappa shape index (κ1) is 11.8. The maximum Gasteiger partial charge on any atom is 0.185 e. The first-order chi connectivity index (χ1) is 6.28. The number of hydrogen-bond acceptors (Lipinski definition) is 8. The maximum absolute atomic E-state index is 9.37. The van der Waals surface area contributed by atoms with Crippen LogP contribution in [0, 0.1) is 0 Å². The van der Waals surface area contributed by atoms with E-state index in [1.165, 1.54) is 0 Å². The third-order valence-corrected chi connectivity index (χ3v) is 2.16. The van der Waals surface area contributed by atoms with Crippen LogP contribution < -0.4 is 11.5 Å². The van der Waals surface area contributed by atoms with Gasteiger partial charge in [0, 0.05) is 0 Å². The molecule has 14 heavy (non-hydrogen) atoms. The molecule has 0 radical (unpaired) electrons. The highest BCUT2D eigenvalue weighted by Crippen LogP contribution is 2.25. The molecular weight excluding hydrogens is 196 g/mol. The fraction of sp³-hybridized carbons (Fsp3) is 1.00. The van der Waals surface area contributed by atoms with Crippen LogP contribution in [0.5, 0.6) is 0 Å². The summed E-state index contributed by atoms with van der Waals surface area (Å²) in [5, 5.41) is 45.8. The summed E-state index contributed by atoms with van der Waals surface area (Å²) >= 11 is 0. The van der Waals surface area contributed by atoms with Gasteiger partial charge in [0.1, 0.15) is 24.5 Å². The van der Waals surface area contributed by atoms with E-state index in [0.29, 0.717) is 0 Å². The second-order valence-electron chi connectivity index (χ2n) is 3.26. The van der Waals surface area contributed by atoms with Crippen LogP contribution in [-0.2, 0) is 4.74 Å². The van der Waals surface area contributed by atoms with Crippen molar-refractivity contribution in [3.05, 3.63) is 0 Å². The molecule has 1 fully saturated rings. The van der Waals surface area contributed by atoms with E-state index in [4.69, 9.17) is 26.8 Å². The van der Waals surface area contributed by atoms with E-state index in [2.05, 4.69) is 4.74 Å². The average Bonchev–Trinajstić information content (AvgIpc) is 2.08. The molecule has 0 aromatic carbocycles. The Bertz CT molecular complexity index is 210. The molecule has 0 amide bonds. The first-order valence-electron chi connectivity index (χ1n) is 3.93. The molecule has 84 valence electrons. The largest absolute Gasteiger partial charge is 0.386 e. The number of rotatable bonds is 1. The summed E-state index contributed by atoms with van der Waals surface area (Å²) in [5.41, 5.74) is 7.65. The smallest absolute Gasteiger partial charge is 0.185 e. The van der Waals surface area contributed by atoms with Gasteiger partial charge < -0.3 is 36.0 Å². The van der Waals surface area contributed by atoms with Crippen LogP contribution in [0.1, 0.15) is 0 Å². The van der Waals surface area contributed by atoms with Crippen molar-refractivity contribution in [2.24, 2.45) is 11.5 Å². The van der Waals surface area contributed by atoms with Crippen LogP contribution >= 0.6 is 0 Å². The lowest BCUT2D eigenvalue weighted by molar-refractivity contribution is -0.328. The van der Waals surface area contributed by atoms with Crippen LogP contribution in [0.2, 0.25) is 0 Å². The predicted molar refractivity (Wildman–Crippen MR) is 42.2 cm³/mol. The summed E-state index contributed by atoms with van der Waals surface area (Å²) in [5.74, 6) is 0. The third-order valence-electron chi connectivity index (χ3n) is 2.16. The molecule has 6 unspecified atom stereocenters. The van der Waals surface area contributed by atoms with Gasteiger partial charge in [-0.2, -0.15) is 0 Å². The van der Waals surface area contributed by atoms with Gasteiger partial charge in [-0.15, -0.1) is 0 Å². The molecule has 0 saturated carbocycles. The van der Waals surface area contributed by atoms with Gasteiger partial charge in [-0.25, -0.2) is 0 Å². The average molecular weight is 210 g/mol. The molecule has 1 rings (SSSR count). The van der Waals surface area contributed by atoms with Crippen molar-refractivity contribution in [3.63, 3.8) is 0 Å². The Morgan fingerprint density at radius 3 is 2.14 bits per heavy atom. The fourth-order valence-electron chi connectivity index (χ4n) is 1.24. The summed E-state index contributed by atoms with van der Waals surface area (Å²) in [6.07, 6.45) is -8.62. The van der Waals surface area contributed by atoms with Crippen LogP contribution in [0.3, 0.4) is 0 Å². The highest BCUT2D eigenvalue weighted by molar-refractivity contribution is 4.98. The highest BCUT2D eigenvalue weighted by atomic mass is 16.6. The Morgan fingerprint density at radius 2 is 1.71 bits per heavy atom. The molecule has 1 aliphatic rings. The summed E-state index contributed by atoms with van der Waals surface area (Å²) in [6, 6.07) is 0. The quantitative estimate of drug-likeness (QED) is 0.212. The molecule has 1 aliphatic heterocycles. The van der Waals surface area contributed by atoms with E-state index in [1.54, 1.807) is 0 Å². The number of ether oxygens (including phenoxy) is 1. The van der Waals surface area contributed by atoms with Crippen molar-refractivity contribution in [1.29, 1.82) is 0 Å². The van der Waals surface area contributed by atoms with Gasteiger partial charge in [-0.05, 0) is 0 Å². The number of aliphatic hydroxyl groups is 5. The molecule has 1 saturated heterocycles. The predicted octanol–water partition coefficient (Wildman–Crippen LogP) is -4.65. The van der Waals surface area contributed by atoms with Gasteiger partial charge in [-0.3, -0.25) is 5.73 Å². The van der Waals surface area contributed by atoms with E-state index < -0.39 is 36.6 Å². The van der Waals surface area contributed by atoms with Crippen molar-refractivity contribution < 1.29 is 30.3 Å². The Morgan fingerprint density at radius 1 is 1.21 bits per heavy atom. The minimum atomic E-state index is -2.48. The Labute approximate surface area is 79.3 Å². The molecule has 6 atom stereocenters. The molecule has 1 heterocycles. The maximum atomic E-state index is 9.37. The summed E-state index contributed by atoms with van der Waals surface area (Å²) in [4.78, 5) is 0. The summed E-state index contributed by atoms with van der Waals surface area (Å²) in [6.45, 7) is 0. The third kappa shape index (κ3) is 1.74. The Hall–Kier alpha value is -0.320. The van der Waals surface area contributed by atoms with E-state index in [0.717, 1.165) is 0 Å². The number of aliphatic hydroxyl groups excluding tert-OH is 4. The van der Waals surface area contributed by atoms with Gasteiger partial charge >= 0.3 is 0 Å². The second-order valence-corrected chi connectivity index (χ2v) is 3.26. The fourth-order valence-corrected chi connectivity index (χ4v) is 1.24. The van der Waals surface area contributed by atoms with Gasteiger partial charge in [0.05, 0.1) is 0 Å². The molecular formula is C6H14N2O6. The van der Waals surface area contributed by atoms with Crippen LogP contribution in [0.4, 0.5) is 0 Å². The summed E-state index contributed by atoms with van der Waals surface area (Å²) in [7, 11) is 0. The SMILES string of the molecule is NC(O)C1OC(O)C(O)C(N)(O)C1O. The Kier molecular flexibility index (Phi) is 3.09. The van der Waals surface area contributed by atoms with E-state index in [1.807, 2.05) is 0 Å². The van der Waals surface area contributed by atoms with Crippen molar-refractivity contribution in [1.82, 2.24) is 0 Å². The molecule has 8 nitrogen and oxygen atoms in total. The van der Waals surface area contributed by atoms with E-state index >= 15 is 0 Å². The molecule has 0 aliphatic carbocycles. The number of nitrogens with two attached hydrogens (primary N) is 2. The Balaban J connectivity index is 2.87. The molecule has 0 aromatic heterocycles. The normalized spacial score (nSPS) is 51.6. The zero-order valence-corrected chi connectivity index (χ0v) is 7.19. The van der Waals surface area contributed by atoms with Gasteiger partial charge in [0.25, 0.3) is 0 Å². The zero-order chi connectivity index (χ0) is 11.1.